The Morgan fingerprint density at radius 1 is 1.41 bits per heavy atom. The van der Waals surface area contributed by atoms with Gasteiger partial charge < -0.3 is 15.8 Å². The molecule has 17 heavy (non-hydrogen) atoms. The number of benzene rings is 1. The fourth-order valence-corrected chi connectivity index (χ4v) is 2.05. The molecule has 92 valence electrons. The highest BCUT2D eigenvalue weighted by molar-refractivity contribution is 7.80. The zero-order valence-electron chi connectivity index (χ0n) is 9.41. The van der Waals surface area contributed by atoms with Gasteiger partial charge >= 0.3 is 0 Å². The monoisotopic (exact) mass is 254 g/mol. The lowest BCUT2D eigenvalue weighted by Gasteiger charge is -2.24. The molecule has 0 unspecified atom stereocenters. The molecule has 1 aliphatic rings. The molecule has 1 aromatic carbocycles. The first kappa shape index (κ1) is 12.3. The third-order valence-electron chi connectivity index (χ3n) is 2.83. The van der Waals surface area contributed by atoms with Gasteiger partial charge in [-0.25, -0.2) is 4.39 Å². The van der Waals surface area contributed by atoms with Crippen molar-refractivity contribution >= 4 is 22.9 Å². The van der Waals surface area contributed by atoms with Crippen molar-refractivity contribution in [3.05, 3.63) is 29.6 Å². The Morgan fingerprint density at radius 3 is 2.71 bits per heavy atom. The summed E-state index contributed by atoms with van der Waals surface area (Å²) in [6, 6.07) is 5.19. The summed E-state index contributed by atoms with van der Waals surface area (Å²) < 4.78 is 18.9. The summed E-state index contributed by atoms with van der Waals surface area (Å²) in [6.45, 7) is 1.51. The van der Waals surface area contributed by atoms with Crippen LogP contribution in [0.5, 0.6) is 0 Å². The van der Waals surface area contributed by atoms with Crippen molar-refractivity contribution in [1.82, 2.24) is 0 Å². The predicted molar refractivity (Wildman–Crippen MR) is 69.8 cm³/mol. The fraction of sp³-hybridized carbons (Fsp3) is 0.417. The second kappa shape index (κ2) is 5.42. The molecule has 1 heterocycles. The van der Waals surface area contributed by atoms with Crippen LogP contribution >= 0.6 is 12.2 Å². The molecule has 1 aromatic rings. The van der Waals surface area contributed by atoms with Crippen molar-refractivity contribution in [2.24, 2.45) is 5.73 Å². The van der Waals surface area contributed by atoms with Crippen molar-refractivity contribution in [1.29, 1.82) is 0 Å². The highest BCUT2D eigenvalue weighted by atomic mass is 32.1. The van der Waals surface area contributed by atoms with Crippen LogP contribution in [0.25, 0.3) is 0 Å². The van der Waals surface area contributed by atoms with Gasteiger partial charge in [-0.05, 0) is 31.0 Å². The van der Waals surface area contributed by atoms with Gasteiger partial charge in [0.05, 0.1) is 0 Å². The minimum Gasteiger partial charge on any atom is -0.389 e. The van der Waals surface area contributed by atoms with Crippen LogP contribution in [-0.2, 0) is 4.74 Å². The van der Waals surface area contributed by atoms with E-state index in [2.05, 4.69) is 5.32 Å². The van der Waals surface area contributed by atoms with E-state index in [4.69, 9.17) is 22.7 Å². The van der Waals surface area contributed by atoms with Gasteiger partial charge in [0, 0.05) is 30.5 Å². The van der Waals surface area contributed by atoms with Gasteiger partial charge in [0.25, 0.3) is 0 Å². The maximum atomic E-state index is 13.6. The smallest absolute Gasteiger partial charge is 0.135 e. The maximum Gasteiger partial charge on any atom is 0.135 e. The third kappa shape index (κ3) is 3.14. The van der Waals surface area contributed by atoms with Crippen LogP contribution in [0.1, 0.15) is 18.4 Å². The van der Waals surface area contributed by atoms with E-state index >= 15 is 0 Å². The quantitative estimate of drug-likeness (QED) is 0.810. The lowest BCUT2D eigenvalue weighted by molar-refractivity contribution is 0.0904. The molecule has 0 spiro atoms. The zero-order valence-corrected chi connectivity index (χ0v) is 10.2. The average molecular weight is 254 g/mol. The Kier molecular flexibility index (Phi) is 3.91. The molecule has 0 aromatic heterocycles. The molecule has 3 nitrogen and oxygen atoms in total. The summed E-state index contributed by atoms with van der Waals surface area (Å²) in [5.41, 5.74) is 6.45. The van der Waals surface area contributed by atoms with Crippen molar-refractivity contribution in [3.8, 4) is 0 Å². The first-order valence-corrected chi connectivity index (χ1v) is 6.01. The maximum absolute atomic E-state index is 13.6. The number of hydrogen-bond acceptors (Lipinski definition) is 3. The number of nitrogens with one attached hydrogen (secondary N) is 1. The largest absolute Gasteiger partial charge is 0.389 e. The Morgan fingerprint density at radius 2 is 2.12 bits per heavy atom. The highest BCUT2D eigenvalue weighted by Gasteiger charge is 2.14. The van der Waals surface area contributed by atoms with Crippen LogP contribution in [-0.4, -0.2) is 24.2 Å². The molecule has 3 N–H and O–H groups in total. The fourth-order valence-electron chi connectivity index (χ4n) is 1.88. The van der Waals surface area contributed by atoms with E-state index in [-0.39, 0.29) is 16.4 Å². The van der Waals surface area contributed by atoms with Gasteiger partial charge in [-0.2, -0.15) is 0 Å². The van der Waals surface area contributed by atoms with Crippen LogP contribution in [0.4, 0.5) is 10.1 Å². The average Bonchev–Trinajstić information content (AvgIpc) is 2.30. The molecule has 1 aliphatic heterocycles. The molecule has 0 amide bonds. The molecule has 0 atom stereocenters. The Bertz CT molecular complexity index is 419. The number of halogens is 1. The van der Waals surface area contributed by atoms with Crippen LogP contribution < -0.4 is 11.1 Å². The van der Waals surface area contributed by atoms with Gasteiger partial charge in [0.2, 0.25) is 0 Å². The van der Waals surface area contributed by atoms with Gasteiger partial charge in [-0.15, -0.1) is 0 Å². The minimum atomic E-state index is -0.380. The summed E-state index contributed by atoms with van der Waals surface area (Å²) in [4.78, 5) is 0.0834. The molecule has 2 rings (SSSR count). The SMILES string of the molecule is NC(=S)c1ccc(NC2CCOCC2)cc1F. The molecule has 0 radical (unpaired) electrons. The van der Waals surface area contributed by atoms with Crippen LogP contribution in [0.3, 0.4) is 0 Å². The molecular formula is C12H15FN2OS. The van der Waals surface area contributed by atoms with E-state index in [0.717, 1.165) is 31.7 Å². The van der Waals surface area contributed by atoms with Gasteiger partial charge in [0.15, 0.2) is 0 Å². The summed E-state index contributed by atoms with van der Waals surface area (Å²) in [5.74, 6) is -0.380. The molecular weight excluding hydrogens is 239 g/mol. The number of hydrogen-bond donors (Lipinski definition) is 2. The highest BCUT2D eigenvalue weighted by Crippen LogP contribution is 2.18. The molecule has 1 fully saturated rings. The lowest BCUT2D eigenvalue weighted by atomic mass is 10.1. The van der Waals surface area contributed by atoms with Crippen molar-refractivity contribution < 1.29 is 9.13 Å². The third-order valence-corrected chi connectivity index (χ3v) is 3.05. The minimum absolute atomic E-state index is 0.0834. The molecule has 0 saturated carbocycles. The van der Waals surface area contributed by atoms with E-state index in [1.165, 1.54) is 6.07 Å². The van der Waals surface area contributed by atoms with E-state index in [9.17, 15) is 4.39 Å². The van der Waals surface area contributed by atoms with Crippen molar-refractivity contribution in [3.63, 3.8) is 0 Å². The molecule has 1 saturated heterocycles. The summed E-state index contributed by atoms with van der Waals surface area (Å²) in [5, 5.41) is 3.28. The number of nitrogens with two attached hydrogens (primary N) is 1. The Labute approximate surface area is 105 Å². The lowest BCUT2D eigenvalue weighted by Crippen LogP contribution is -2.27. The van der Waals surface area contributed by atoms with Crippen LogP contribution in [0, 0.1) is 5.82 Å². The molecule has 0 aliphatic carbocycles. The summed E-state index contributed by atoms with van der Waals surface area (Å²) >= 11 is 4.76. The molecule has 5 heteroatoms. The second-order valence-electron chi connectivity index (χ2n) is 4.09. The summed E-state index contributed by atoms with van der Waals surface area (Å²) in [6.07, 6.45) is 1.89. The standard InChI is InChI=1S/C12H15FN2OS/c13-11-7-9(1-2-10(11)12(14)17)15-8-3-5-16-6-4-8/h1-2,7-8,15H,3-6H2,(H2,14,17). The molecule has 0 bridgehead atoms. The van der Waals surface area contributed by atoms with Crippen molar-refractivity contribution in [2.75, 3.05) is 18.5 Å². The van der Waals surface area contributed by atoms with Gasteiger partial charge in [0.1, 0.15) is 10.8 Å². The van der Waals surface area contributed by atoms with Gasteiger partial charge in [-0.1, -0.05) is 12.2 Å². The Balaban J connectivity index is 2.06. The first-order valence-electron chi connectivity index (χ1n) is 5.60. The number of rotatable bonds is 3. The summed E-state index contributed by atoms with van der Waals surface area (Å²) in [7, 11) is 0. The zero-order chi connectivity index (χ0) is 12.3. The number of thiocarbonyl (C=S) groups is 1. The van der Waals surface area contributed by atoms with E-state index < -0.39 is 0 Å². The van der Waals surface area contributed by atoms with E-state index in [1.54, 1.807) is 12.1 Å². The van der Waals surface area contributed by atoms with Crippen LogP contribution in [0.15, 0.2) is 18.2 Å². The van der Waals surface area contributed by atoms with Gasteiger partial charge in [-0.3, -0.25) is 0 Å². The Hall–Kier alpha value is -1.20. The van der Waals surface area contributed by atoms with E-state index in [0.29, 0.717) is 6.04 Å². The predicted octanol–water partition coefficient (Wildman–Crippen LogP) is 2.05. The normalized spacial score (nSPS) is 16.8. The van der Waals surface area contributed by atoms with Crippen LogP contribution in [0.2, 0.25) is 0 Å². The first-order chi connectivity index (χ1) is 8.16. The second-order valence-corrected chi connectivity index (χ2v) is 4.53. The van der Waals surface area contributed by atoms with Crippen molar-refractivity contribution in [2.45, 2.75) is 18.9 Å². The topological polar surface area (TPSA) is 47.3 Å². The number of ether oxygens (including phenoxy) is 1. The number of anilines is 1. The van der Waals surface area contributed by atoms with E-state index in [1.807, 2.05) is 0 Å².